The van der Waals surface area contributed by atoms with Crippen LogP contribution in [0.5, 0.6) is 11.5 Å². The van der Waals surface area contributed by atoms with Gasteiger partial charge in [-0.1, -0.05) is 41.6 Å². The summed E-state index contributed by atoms with van der Waals surface area (Å²) in [6.45, 7) is 0.546. The minimum Gasteiger partial charge on any atom is -0.454 e. The molecule has 30 heavy (non-hydrogen) atoms. The SMILES string of the molecule is O=C(Cc1csc(SCC(=O)c2ccc3c(c2)OCO3)n1)NCc1ccccc1Cl. The largest absolute Gasteiger partial charge is 0.454 e. The Hall–Kier alpha value is -2.55. The van der Waals surface area contributed by atoms with Gasteiger partial charge >= 0.3 is 0 Å². The number of nitrogens with zero attached hydrogens (tertiary/aromatic N) is 1. The zero-order chi connectivity index (χ0) is 20.9. The van der Waals surface area contributed by atoms with Crippen LogP contribution in [-0.4, -0.2) is 29.2 Å². The predicted molar refractivity (Wildman–Crippen MR) is 117 cm³/mol. The Balaban J connectivity index is 1.26. The van der Waals surface area contributed by atoms with Crippen LogP contribution in [0.15, 0.2) is 52.2 Å². The van der Waals surface area contributed by atoms with Gasteiger partial charge in [-0.15, -0.1) is 11.3 Å². The van der Waals surface area contributed by atoms with E-state index in [2.05, 4.69) is 10.3 Å². The summed E-state index contributed by atoms with van der Waals surface area (Å²) in [5.74, 6) is 1.34. The summed E-state index contributed by atoms with van der Waals surface area (Å²) in [5, 5.41) is 5.31. The number of thiazole rings is 1. The molecule has 9 heteroatoms. The average molecular weight is 461 g/mol. The fourth-order valence-electron chi connectivity index (χ4n) is 2.78. The van der Waals surface area contributed by atoms with E-state index < -0.39 is 0 Å². The second-order valence-corrected chi connectivity index (χ2v) is 8.92. The van der Waals surface area contributed by atoms with Crippen molar-refractivity contribution in [3.05, 3.63) is 69.7 Å². The van der Waals surface area contributed by atoms with E-state index in [1.165, 1.54) is 23.1 Å². The number of nitrogens with one attached hydrogen (secondary N) is 1. The second-order valence-electron chi connectivity index (χ2n) is 6.43. The molecule has 2 aromatic carbocycles. The van der Waals surface area contributed by atoms with Crippen LogP contribution in [0.4, 0.5) is 0 Å². The van der Waals surface area contributed by atoms with E-state index >= 15 is 0 Å². The Morgan fingerprint density at radius 2 is 2.00 bits per heavy atom. The van der Waals surface area contributed by atoms with Crippen LogP contribution in [0.2, 0.25) is 5.02 Å². The first-order chi connectivity index (χ1) is 14.6. The van der Waals surface area contributed by atoms with Crippen molar-refractivity contribution in [3.63, 3.8) is 0 Å². The normalized spacial score (nSPS) is 12.0. The Morgan fingerprint density at radius 3 is 2.87 bits per heavy atom. The highest BCUT2D eigenvalue weighted by molar-refractivity contribution is 8.01. The van der Waals surface area contributed by atoms with Crippen LogP contribution in [0.1, 0.15) is 21.6 Å². The smallest absolute Gasteiger partial charge is 0.231 e. The molecule has 0 radical (unpaired) electrons. The molecule has 1 aliphatic rings. The van der Waals surface area contributed by atoms with Gasteiger partial charge in [-0.3, -0.25) is 9.59 Å². The second kappa shape index (κ2) is 9.51. The molecule has 0 saturated carbocycles. The van der Waals surface area contributed by atoms with Crippen LogP contribution >= 0.6 is 34.7 Å². The van der Waals surface area contributed by atoms with Crippen molar-refractivity contribution in [1.82, 2.24) is 10.3 Å². The number of Topliss-reactive ketones (excluding diaryl/α,β-unsaturated/α-hetero) is 1. The zero-order valence-corrected chi connectivity index (χ0v) is 18.1. The van der Waals surface area contributed by atoms with Crippen LogP contribution in [0.3, 0.4) is 0 Å². The molecule has 0 aliphatic carbocycles. The third-order valence-corrected chi connectivity index (χ3v) is 6.77. The summed E-state index contributed by atoms with van der Waals surface area (Å²) in [6, 6.07) is 12.6. The molecule has 0 spiro atoms. The number of fused-ring (bicyclic) bond motifs is 1. The lowest BCUT2D eigenvalue weighted by atomic mass is 10.1. The number of halogens is 1. The highest BCUT2D eigenvalue weighted by Gasteiger charge is 2.17. The van der Waals surface area contributed by atoms with Gasteiger partial charge in [0, 0.05) is 22.5 Å². The van der Waals surface area contributed by atoms with Crippen LogP contribution in [0.25, 0.3) is 0 Å². The van der Waals surface area contributed by atoms with Crippen molar-refractivity contribution in [2.45, 2.75) is 17.3 Å². The molecule has 1 amide bonds. The first-order valence-electron chi connectivity index (χ1n) is 9.08. The van der Waals surface area contributed by atoms with Crippen LogP contribution < -0.4 is 14.8 Å². The third-order valence-electron chi connectivity index (χ3n) is 4.33. The molecule has 0 fully saturated rings. The standard InChI is InChI=1S/C21H17ClN2O4S2/c22-16-4-2-1-3-14(16)9-23-20(26)8-15-10-29-21(24-15)30-11-17(25)13-5-6-18-19(7-13)28-12-27-18/h1-7,10H,8-9,11-12H2,(H,23,26). The highest BCUT2D eigenvalue weighted by atomic mass is 35.5. The third kappa shape index (κ3) is 5.13. The van der Waals surface area contributed by atoms with Crippen LogP contribution in [-0.2, 0) is 17.8 Å². The first kappa shape index (κ1) is 20.7. The van der Waals surface area contributed by atoms with E-state index in [0.717, 1.165) is 9.90 Å². The van der Waals surface area contributed by atoms with Crippen molar-refractivity contribution in [2.24, 2.45) is 0 Å². The number of benzene rings is 2. The molecule has 0 unspecified atom stereocenters. The quantitative estimate of drug-likeness (QED) is 0.397. The minimum absolute atomic E-state index is 0.0208. The monoisotopic (exact) mass is 460 g/mol. The molecular formula is C21H17ClN2O4S2. The maximum absolute atomic E-state index is 12.4. The van der Waals surface area contributed by atoms with Crippen LogP contribution in [0, 0.1) is 0 Å². The van der Waals surface area contributed by atoms with E-state index in [4.69, 9.17) is 21.1 Å². The number of carbonyl (C=O) groups is 2. The number of ketones is 1. The van der Waals surface area contributed by atoms with E-state index in [-0.39, 0.29) is 30.7 Å². The van der Waals surface area contributed by atoms with E-state index in [1.54, 1.807) is 24.3 Å². The van der Waals surface area contributed by atoms with Gasteiger partial charge in [0.1, 0.15) is 0 Å². The molecule has 154 valence electrons. The van der Waals surface area contributed by atoms with Crippen molar-refractivity contribution in [2.75, 3.05) is 12.5 Å². The van der Waals surface area contributed by atoms with E-state index in [1.807, 2.05) is 23.6 Å². The fourth-order valence-corrected chi connectivity index (χ4v) is 4.72. The van der Waals surface area contributed by atoms with Gasteiger partial charge in [0.25, 0.3) is 0 Å². The van der Waals surface area contributed by atoms with E-state index in [9.17, 15) is 9.59 Å². The molecule has 4 rings (SSSR count). The Kier molecular flexibility index (Phi) is 6.56. The van der Waals surface area contributed by atoms with Gasteiger partial charge in [-0.25, -0.2) is 4.98 Å². The first-order valence-corrected chi connectivity index (χ1v) is 11.3. The summed E-state index contributed by atoms with van der Waals surface area (Å²) in [4.78, 5) is 29.1. The number of rotatable bonds is 8. The van der Waals surface area contributed by atoms with Gasteiger partial charge in [0.2, 0.25) is 12.7 Å². The average Bonchev–Trinajstić information content (AvgIpc) is 3.40. The molecule has 3 aromatic rings. The topological polar surface area (TPSA) is 77.5 Å². The maximum atomic E-state index is 12.4. The number of ether oxygens (including phenoxy) is 2. The lowest BCUT2D eigenvalue weighted by Gasteiger charge is -2.06. The fraction of sp³-hybridized carbons (Fsp3) is 0.190. The minimum atomic E-state index is -0.131. The van der Waals surface area contributed by atoms with Gasteiger partial charge in [0.05, 0.1) is 17.9 Å². The summed E-state index contributed by atoms with van der Waals surface area (Å²) >= 11 is 8.87. The predicted octanol–water partition coefficient (Wildman–Crippen LogP) is 4.36. The molecule has 0 saturated heterocycles. The Bertz CT molecular complexity index is 1090. The Labute approximate surface area is 186 Å². The van der Waals surface area contributed by atoms with Crippen molar-refractivity contribution in [3.8, 4) is 11.5 Å². The lowest BCUT2D eigenvalue weighted by Crippen LogP contribution is -2.24. The molecule has 0 atom stereocenters. The van der Waals surface area contributed by atoms with Crippen molar-refractivity contribution in [1.29, 1.82) is 0 Å². The zero-order valence-electron chi connectivity index (χ0n) is 15.7. The molecule has 1 aliphatic heterocycles. The number of hydrogen-bond acceptors (Lipinski definition) is 7. The van der Waals surface area contributed by atoms with Gasteiger partial charge < -0.3 is 14.8 Å². The molecule has 6 nitrogen and oxygen atoms in total. The number of carbonyl (C=O) groups excluding carboxylic acids is 2. The van der Waals surface area contributed by atoms with Gasteiger partial charge in [0.15, 0.2) is 21.6 Å². The Morgan fingerprint density at radius 1 is 1.17 bits per heavy atom. The summed E-state index contributed by atoms with van der Waals surface area (Å²) in [6.07, 6.45) is 0.178. The molecule has 2 heterocycles. The van der Waals surface area contributed by atoms with E-state index in [0.29, 0.717) is 34.3 Å². The lowest BCUT2D eigenvalue weighted by molar-refractivity contribution is -0.120. The molecule has 1 N–H and O–H groups in total. The molecule has 1 aromatic heterocycles. The summed E-state index contributed by atoms with van der Waals surface area (Å²) in [5.41, 5.74) is 2.11. The maximum Gasteiger partial charge on any atom is 0.231 e. The number of thioether (sulfide) groups is 1. The number of aromatic nitrogens is 1. The molecular weight excluding hydrogens is 444 g/mol. The number of hydrogen-bond donors (Lipinski definition) is 1. The van der Waals surface area contributed by atoms with Gasteiger partial charge in [-0.05, 0) is 29.8 Å². The summed E-state index contributed by atoms with van der Waals surface area (Å²) in [7, 11) is 0. The van der Waals surface area contributed by atoms with Crippen molar-refractivity contribution >= 4 is 46.4 Å². The molecule has 0 bridgehead atoms. The number of amides is 1. The summed E-state index contributed by atoms with van der Waals surface area (Å²) < 4.78 is 11.3. The van der Waals surface area contributed by atoms with Gasteiger partial charge in [-0.2, -0.15) is 0 Å². The van der Waals surface area contributed by atoms with Crippen molar-refractivity contribution < 1.29 is 19.1 Å². The highest BCUT2D eigenvalue weighted by Crippen LogP contribution is 2.33.